The van der Waals surface area contributed by atoms with Crippen LogP contribution in [0.15, 0.2) is 12.1 Å². The van der Waals surface area contributed by atoms with Crippen molar-refractivity contribution in [2.24, 2.45) is 0 Å². The van der Waals surface area contributed by atoms with Gasteiger partial charge in [0.25, 0.3) is 0 Å². The number of nitrogens with zero attached hydrogens (tertiary/aromatic N) is 1. The van der Waals surface area contributed by atoms with Crippen molar-refractivity contribution in [3.05, 3.63) is 12.1 Å². The molecule has 0 saturated heterocycles. The Labute approximate surface area is 139 Å². The molecule has 6 heteroatoms. The lowest BCUT2D eigenvalue weighted by atomic mass is 10.1. The number of carbonyl (C=O) groups is 1. The normalized spacial score (nSPS) is 10.7. The quantitative estimate of drug-likeness (QED) is 0.331. The van der Waals surface area contributed by atoms with Crippen LogP contribution in [0.5, 0.6) is 11.8 Å². The number of alkyl halides is 1. The summed E-state index contributed by atoms with van der Waals surface area (Å²) >= 11 is 2.41. The largest absolute Gasteiger partial charge is 0.492 e. The predicted octanol–water partition coefficient (Wildman–Crippen LogP) is 3.80. The summed E-state index contributed by atoms with van der Waals surface area (Å²) in [5, 5.41) is 18.7. The van der Waals surface area contributed by atoms with Gasteiger partial charge in [0.15, 0.2) is 0 Å². The number of unbranched alkanes of at least 4 members (excludes halogenated alkanes) is 7. The van der Waals surface area contributed by atoms with E-state index in [0.29, 0.717) is 6.42 Å². The summed E-state index contributed by atoms with van der Waals surface area (Å²) in [5.41, 5.74) is 0. The summed E-state index contributed by atoms with van der Waals surface area (Å²) < 4.78 is 1.97. The first-order valence-electron chi connectivity index (χ1n) is 7.52. The van der Waals surface area contributed by atoms with Crippen molar-refractivity contribution in [3.8, 4) is 11.8 Å². The number of halogens is 1. The Bertz CT molecular complexity index is 400. The van der Waals surface area contributed by atoms with Gasteiger partial charge >= 0.3 is 5.97 Å². The van der Waals surface area contributed by atoms with Gasteiger partial charge in [0.05, 0.1) is 0 Å². The van der Waals surface area contributed by atoms with Crippen molar-refractivity contribution in [2.75, 3.05) is 4.43 Å². The van der Waals surface area contributed by atoms with Gasteiger partial charge in [0.1, 0.15) is 0 Å². The zero-order valence-corrected chi connectivity index (χ0v) is 14.4. The number of aromatic nitrogens is 1. The summed E-state index contributed by atoms with van der Waals surface area (Å²) in [7, 11) is 0. The molecule has 1 heterocycles. The Morgan fingerprint density at radius 2 is 1.43 bits per heavy atom. The van der Waals surface area contributed by atoms with Gasteiger partial charge in [-0.25, -0.2) is 4.79 Å². The summed E-state index contributed by atoms with van der Waals surface area (Å²) in [6.45, 7) is 0. The molecular formula is C15H24INO4. The van der Waals surface area contributed by atoms with E-state index >= 15 is 0 Å². The molecule has 0 amide bonds. The van der Waals surface area contributed by atoms with Gasteiger partial charge in [0.2, 0.25) is 11.8 Å². The third kappa shape index (κ3) is 7.59. The Morgan fingerprint density at radius 3 is 1.95 bits per heavy atom. The second kappa shape index (κ2) is 10.8. The van der Waals surface area contributed by atoms with Crippen LogP contribution in [0.3, 0.4) is 0 Å². The van der Waals surface area contributed by atoms with Crippen LogP contribution in [0.1, 0.15) is 57.8 Å². The molecule has 120 valence electrons. The maximum absolute atomic E-state index is 11.6. The van der Waals surface area contributed by atoms with E-state index < -0.39 is 5.97 Å². The van der Waals surface area contributed by atoms with Gasteiger partial charge in [-0.3, -0.25) is 0 Å². The molecule has 0 aromatic carbocycles. The first-order valence-corrected chi connectivity index (χ1v) is 9.04. The first-order chi connectivity index (χ1) is 10.1. The summed E-state index contributed by atoms with van der Waals surface area (Å²) in [4.78, 5) is 16.4. The van der Waals surface area contributed by atoms with Crippen LogP contribution in [0.4, 0.5) is 0 Å². The molecule has 0 bridgehead atoms. The second-order valence-electron chi connectivity index (χ2n) is 5.07. The van der Waals surface area contributed by atoms with Crippen molar-refractivity contribution in [2.45, 2.75) is 57.8 Å². The molecule has 0 aliphatic heterocycles. The summed E-state index contributed by atoms with van der Waals surface area (Å²) in [6, 6.07) is 2.53. The lowest BCUT2D eigenvalue weighted by Gasteiger charge is -2.06. The van der Waals surface area contributed by atoms with E-state index in [0.717, 1.165) is 24.0 Å². The van der Waals surface area contributed by atoms with Crippen LogP contribution < -0.4 is 4.84 Å². The summed E-state index contributed by atoms with van der Waals surface area (Å²) in [5.74, 6) is -1.02. The summed E-state index contributed by atoms with van der Waals surface area (Å²) in [6.07, 6.45) is 9.63. The molecule has 0 fully saturated rings. The standard InChI is InChI=1S/C15H24INO4/c16-12-8-6-4-2-1-3-5-7-9-15(20)21-17-13(18)10-11-14(17)19/h10-11,18-19H,1-9,12H2. The minimum atomic E-state index is -0.446. The number of rotatable bonds is 11. The SMILES string of the molecule is O=C(CCCCCCCCCCI)On1c(O)ccc1O. The molecule has 0 spiro atoms. The van der Waals surface area contributed by atoms with Gasteiger partial charge in [-0.1, -0.05) is 61.1 Å². The fraction of sp³-hybridized carbons (Fsp3) is 0.667. The van der Waals surface area contributed by atoms with Crippen LogP contribution in [0.2, 0.25) is 0 Å². The van der Waals surface area contributed by atoms with Crippen LogP contribution >= 0.6 is 22.6 Å². The molecular weight excluding hydrogens is 385 g/mol. The zero-order valence-electron chi connectivity index (χ0n) is 12.3. The van der Waals surface area contributed by atoms with Gasteiger partial charge in [-0.2, -0.15) is 0 Å². The molecule has 0 saturated carbocycles. The van der Waals surface area contributed by atoms with Crippen molar-refractivity contribution in [1.29, 1.82) is 0 Å². The fourth-order valence-electron chi connectivity index (χ4n) is 2.07. The van der Waals surface area contributed by atoms with E-state index in [2.05, 4.69) is 22.6 Å². The molecule has 0 aliphatic rings. The van der Waals surface area contributed by atoms with E-state index in [-0.39, 0.29) is 11.8 Å². The number of carbonyl (C=O) groups excluding carboxylic acids is 1. The predicted molar refractivity (Wildman–Crippen MR) is 89.8 cm³/mol. The highest BCUT2D eigenvalue weighted by atomic mass is 127. The van der Waals surface area contributed by atoms with Crippen molar-refractivity contribution in [3.63, 3.8) is 0 Å². The number of hydrogen-bond acceptors (Lipinski definition) is 4. The highest BCUT2D eigenvalue weighted by Crippen LogP contribution is 2.19. The highest BCUT2D eigenvalue weighted by molar-refractivity contribution is 14.1. The minimum Gasteiger partial charge on any atom is -0.492 e. The third-order valence-electron chi connectivity index (χ3n) is 3.26. The molecule has 1 aromatic rings. The number of hydrogen-bond donors (Lipinski definition) is 2. The molecule has 0 unspecified atom stereocenters. The number of aromatic hydroxyl groups is 2. The molecule has 1 rings (SSSR count). The average molecular weight is 409 g/mol. The van der Waals surface area contributed by atoms with Crippen LogP contribution in [0.25, 0.3) is 0 Å². The Balaban J connectivity index is 2.01. The molecule has 5 nitrogen and oxygen atoms in total. The molecule has 0 atom stereocenters. The third-order valence-corrected chi connectivity index (χ3v) is 4.02. The molecule has 1 aromatic heterocycles. The first kappa shape index (κ1) is 18.1. The maximum Gasteiger partial charge on any atom is 0.333 e. The van der Waals surface area contributed by atoms with E-state index in [1.54, 1.807) is 0 Å². The lowest BCUT2D eigenvalue weighted by Crippen LogP contribution is -2.18. The van der Waals surface area contributed by atoms with Crippen molar-refractivity contribution in [1.82, 2.24) is 4.73 Å². The van der Waals surface area contributed by atoms with E-state index in [4.69, 9.17) is 4.84 Å². The minimum absolute atomic E-state index is 0.285. The van der Waals surface area contributed by atoms with Gasteiger partial charge in [-0.15, -0.1) is 4.73 Å². The van der Waals surface area contributed by atoms with Crippen molar-refractivity contribution < 1.29 is 19.8 Å². The Kier molecular flexibility index (Phi) is 9.29. The van der Waals surface area contributed by atoms with Gasteiger partial charge in [-0.05, 0) is 17.3 Å². The lowest BCUT2D eigenvalue weighted by molar-refractivity contribution is -0.145. The molecule has 0 aliphatic carbocycles. The van der Waals surface area contributed by atoms with Gasteiger partial charge in [0, 0.05) is 18.6 Å². The van der Waals surface area contributed by atoms with E-state index in [1.807, 2.05) is 0 Å². The zero-order chi connectivity index (χ0) is 15.5. The van der Waals surface area contributed by atoms with Gasteiger partial charge < -0.3 is 15.1 Å². The topological polar surface area (TPSA) is 71.7 Å². The molecule has 0 radical (unpaired) electrons. The molecule has 2 N–H and O–H groups in total. The van der Waals surface area contributed by atoms with E-state index in [1.165, 1.54) is 48.7 Å². The van der Waals surface area contributed by atoms with Crippen LogP contribution in [-0.2, 0) is 4.79 Å². The van der Waals surface area contributed by atoms with Crippen LogP contribution in [-0.4, -0.2) is 25.3 Å². The smallest absolute Gasteiger partial charge is 0.333 e. The average Bonchev–Trinajstić information content (AvgIpc) is 2.77. The second-order valence-corrected chi connectivity index (χ2v) is 6.15. The highest BCUT2D eigenvalue weighted by Gasteiger charge is 2.11. The maximum atomic E-state index is 11.6. The van der Waals surface area contributed by atoms with E-state index in [9.17, 15) is 15.0 Å². The van der Waals surface area contributed by atoms with Crippen LogP contribution in [0, 0.1) is 0 Å². The Hall–Kier alpha value is -0.920. The van der Waals surface area contributed by atoms with Crippen molar-refractivity contribution >= 4 is 28.6 Å². The fourth-order valence-corrected chi connectivity index (χ4v) is 2.61. The monoisotopic (exact) mass is 409 g/mol. The Morgan fingerprint density at radius 1 is 0.952 bits per heavy atom. The molecule has 21 heavy (non-hydrogen) atoms.